The number of benzene rings is 2. The number of carbonyl (C=O) groups is 2. The predicted molar refractivity (Wildman–Crippen MR) is 131 cm³/mol. The number of ether oxygens (including phenoxy) is 3. The summed E-state index contributed by atoms with van der Waals surface area (Å²) in [5.41, 5.74) is 0.637. The number of amides is 1. The zero-order chi connectivity index (χ0) is 26.2. The van der Waals surface area contributed by atoms with Crippen LogP contribution in [0, 0.1) is 11.7 Å². The summed E-state index contributed by atoms with van der Waals surface area (Å²) in [6.45, 7) is 2.06. The molecule has 2 aromatic carbocycles. The molecule has 1 unspecified atom stereocenters. The SMILES string of the molecule is CCOC(=O)Cn1c(=NC(=O)C2CCCN(S(=O)(=O)c3ccc(F)cc3)C2)sc2cc3c(cc21)OCO3. The normalized spacial score (nSPS) is 18.3. The lowest BCUT2D eigenvalue weighted by molar-refractivity contribution is -0.143. The Balaban J connectivity index is 1.46. The molecule has 0 N–H and O–H groups in total. The molecule has 0 aliphatic carbocycles. The molecule has 1 fully saturated rings. The second-order valence-electron chi connectivity index (χ2n) is 8.56. The largest absolute Gasteiger partial charge is 0.465 e. The van der Waals surface area contributed by atoms with Gasteiger partial charge in [0.2, 0.25) is 16.8 Å². The Labute approximate surface area is 215 Å². The van der Waals surface area contributed by atoms with Crippen LogP contribution >= 0.6 is 11.3 Å². The molecule has 10 nitrogen and oxygen atoms in total. The van der Waals surface area contributed by atoms with Crippen LogP contribution in [0.2, 0.25) is 0 Å². The molecule has 3 aromatic rings. The fourth-order valence-electron chi connectivity index (χ4n) is 4.34. The number of rotatable bonds is 6. The molecule has 0 saturated carbocycles. The monoisotopic (exact) mass is 549 g/mol. The molecule has 1 atom stereocenters. The van der Waals surface area contributed by atoms with E-state index in [2.05, 4.69) is 4.99 Å². The van der Waals surface area contributed by atoms with Crippen molar-refractivity contribution in [3.8, 4) is 11.5 Å². The first-order valence-electron chi connectivity index (χ1n) is 11.7. The minimum atomic E-state index is -3.89. The molecular weight excluding hydrogens is 525 g/mol. The number of carbonyl (C=O) groups excluding carboxylic acids is 2. The van der Waals surface area contributed by atoms with Crippen LogP contribution in [0.3, 0.4) is 0 Å². The van der Waals surface area contributed by atoms with Gasteiger partial charge in [-0.1, -0.05) is 11.3 Å². The Morgan fingerprint density at radius 1 is 1.19 bits per heavy atom. The number of fused-ring (bicyclic) bond motifs is 2. The minimum Gasteiger partial charge on any atom is -0.465 e. The van der Waals surface area contributed by atoms with E-state index in [0.29, 0.717) is 29.9 Å². The summed E-state index contributed by atoms with van der Waals surface area (Å²) in [5.74, 6) is -1.08. The number of hydrogen-bond donors (Lipinski definition) is 0. The Morgan fingerprint density at radius 3 is 2.65 bits per heavy atom. The average molecular weight is 550 g/mol. The van der Waals surface area contributed by atoms with Crippen molar-refractivity contribution in [1.29, 1.82) is 0 Å². The van der Waals surface area contributed by atoms with Crippen molar-refractivity contribution in [2.24, 2.45) is 10.9 Å². The molecule has 0 bridgehead atoms. The molecule has 0 spiro atoms. The van der Waals surface area contributed by atoms with E-state index in [-0.39, 0.29) is 42.7 Å². The summed E-state index contributed by atoms with van der Waals surface area (Å²) in [5, 5.41) is 0. The number of esters is 1. The predicted octanol–water partition coefficient (Wildman–Crippen LogP) is 2.66. The fourth-order valence-corrected chi connectivity index (χ4v) is 6.91. The van der Waals surface area contributed by atoms with Gasteiger partial charge in [0, 0.05) is 25.2 Å². The average Bonchev–Trinajstić information content (AvgIpc) is 3.47. The molecule has 5 rings (SSSR count). The number of sulfonamides is 1. The van der Waals surface area contributed by atoms with Crippen LogP contribution in [0.4, 0.5) is 4.39 Å². The van der Waals surface area contributed by atoms with Gasteiger partial charge in [0.15, 0.2) is 16.3 Å². The number of piperidine rings is 1. The van der Waals surface area contributed by atoms with Crippen LogP contribution in [0.25, 0.3) is 10.2 Å². The van der Waals surface area contributed by atoms with Crippen molar-refractivity contribution in [2.75, 3.05) is 26.5 Å². The van der Waals surface area contributed by atoms with Crippen molar-refractivity contribution >= 4 is 43.5 Å². The maximum atomic E-state index is 13.3. The highest BCUT2D eigenvalue weighted by Crippen LogP contribution is 2.37. The highest BCUT2D eigenvalue weighted by Gasteiger charge is 2.33. The first-order chi connectivity index (χ1) is 17.8. The highest BCUT2D eigenvalue weighted by atomic mass is 32.2. The van der Waals surface area contributed by atoms with Crippen LogP contribution in [-0.2, 0) is 30.9 Å². The number of aromatic nitrogens is 1. The van der Waals surface area contributed by atoms with Gasteiger partial charge in [-0.15, -0.1) is 0 Å². The van der Waals surface area contributed by atoms with Gasteiger partial charge in [0.1, 0.15) is 12.4 Å². The van der Waals surface area contributed by atoms with E-state index in [9.17, 15) is 22.4 Å². The van der Waals surface area contributed by atoms with Crippen LogP contribution in [0.15, 0.2) is 46.3 Å². The van der Waals surface area contributed by atoms with Gasteiger partial charge in [-0.25, -0.2) is 12.8 Å². The van der Waals surface area contributed by atoms with Crippen molar-refractivity contribution < 1.29 is 36.6 Å². The van der Waals surface area contributed by atoms with Gasteiger partial charge in [-0.3, -0.25) is 9.59 Å². The quantitative estimate of drug-likeness (QED) is 0.434. The van der Waals surface area contributed by atoms with Crippen LogP contribution < -0.4 is 14.3 Å². The van der Waals surface area contributed by atoms with E-state index in [1.807, 2.05) is 0 Å². The van der Waals surface area contributed by atoms with E-state index in [1.165, 1.54) is 27.8 Å². The van der Waals surface area contributed by atoms with E-state index in [4.69, 9.17) is 14.2 Å². The van der Waals surface area contributed by atoms with E-state index in [0.717, 1.165) is 16.8 Å². The maximum absolute atomic E-state index is 13.3. The number of halogens is 1. The highest BCUT2D eigenvalue weighted by molar-refractivity contribution is 7.89. The van der Waals surface area contributed by atoms with Crippen LogP contribution in [-0.4, -0.2) is 55.7 Å². The first kappa shape index (κ1) is 25.4. The summed E-state index contributed by atoms with van der Waals surface area (Å²) in [6.07, 6.45) is 0.944. The minimum absolute atomic E-state index is 0.0341. The second kappa shape index (κ2) is 10.2. The molecule has 196 valence electrons. The molecule has 13 heteroatoms. The smallest absolute Gasteiger partial charge is 0.326 e. The molecule has 1 amide bonds. The number of hydrogen-bond acceptors (Lipinski definition) is 8. The summed E-state index contributed by atoms with van der Waals surface area (Å²) in [7, 11) is -3.89. The van der Waals surface area contributed by atoms with Crippen molar-refractivity contribution in [3.05, 3.63) is 47.0 Å². The number of nitrogens with zero attached hydrogens (tertiary/aromatic N) is 3. The topological polar surface area (TPSA) is 116 Å². The van der Waals surface area contributed by atoms with Crippen molar-refractivity contribution in [3.63, 3.8) is 0 Å². The van der Waals surface area contributed by atoms with Crippen LogP contribution in [0.5, 0.6) is 11.5 Å². The second-order valence-corrected chi connectivity index (χ2v) is 11.5. The third kappa shape index (κ3) is 5.11. The Hall–Kier alpha value is -3.29. The lowest BCUT2D eigenvalue weighted by atomic mass is 9.99. The van der Waals surface area contributed by atoms with Gasteiger partial charge >= 0.3 is 5.97 Å². The van der Waals surface area contributed by atoms with Gasteiger partial charge < -0.3 is 18.8 Å². The molecule has 2 aliphatic rings. The fraction of sp³-hybridized carbons (Fsp3) is 0.375. The summed E-state index contributed by atoms with van der Waals surface area (Å²) in [4.78, 5) is 30.1. The third-order valence-corrected chi connectivity index (χ3v) is 9.08. The molecule has 3 heterocycles. The Bertz CT molecular complexity index is 1530. The zero-order valence-electron chi connectivity index (χ0n) is 19.9. The standard InChI is InChI=1S/C24H24FN3O7S2/c1-2-33-22(29)13-28-18-10-19-20(35-14-34-19)11-21(18)36-24(28)26-23(30)15-4-3-9-27(12-15)37(31,32)17-7-5-16(25)6-8-17/h5-8,10-11,15H,2-4,9,12-14H2,1H3. The zero-order valence-corrected chi connectivity index (χ0v) is 21.5. The van der Waals surface area contributed by atoms with Gasteiger partial charge in [0.25, 0.3) is 5.91 Å². The molecule has 37 heavy (non-hydrogen) atoms. The Morgan fingerprint density at radius 2 is 1.92 bits per heavy atom. The first-order valence-corrected chi connectivity index (χ1v) is 13.9. The summed E-state index contributed by atoms with van der Waals surface area (Å²) < 4.78 is 59.0. The van der Waals surface area contributed by atoms with Gasteiger partial charge in [0.05, 0.1) is 27.6 Å². The van der Waals surface area contributed by atoms with Crippen molar-refractivity contribution in [2.45, 2.75) is 31.2 Å². The molecule has 2 aliphatic heterocycles. The molecule has 0 radical (unpaired) electrons. The lowest BCUT2D eigenvalue weighted by Crippen LogP contribution is -2.42. The summed E-state index contributed by atoms with van der Waals surface area (Å²) >= 11 is 1.21. The van der Waals surface area contributed by atoms with Gasteiger partial charge in [-0.2, -0.15) is 9.30 Å². The van der Waals surface area contributed by atoms with E-state index >= 15 is 0 Å². The molecule has 1 aromatic heterocycles. The van der Waals surface area contributed by atoms with Crippen molar-refractivity contribution in [1.82, 2.24) is 8.87 Å². The van der Waals surface area contributed by atoms with Crippen LogP contribution in [0.1, 0.15) is 19.8 Å². The third-order valence-electron chi connectivity index (χ3n) is 6.16. The number of thiazole rings is 1. The van der Waals surface area contributed by atoms with E-state index < -0.39 is 33.6 Å². The summed E-state index contributed by atoms with van der Waals surface area (Å²) in [6, 6.07) is 8.09. The molecular formula is C24H24FN3O7S2. The van der Waals surface area contributed by atoms with Gasteiger partial charge in [-0.05, 0) is 44.0 Å². The Kier molecular flexibility index (Phi) is 7.01. The lowest BCUT2D eigenvalue weighted by Gasteiger charge is -2.30. The molecule has 1 saturated heterocycles. The van der Waals surface area contributed by atoms with E-state index in [1.54, 1.807) is 23.6 Å². The maximum Gasteiger partial charge on any atom is 0.326 e.